The predicted molar refractivity (Wildman–Crippen MR) is 108 cm³/mol. The summed E-state index contributed by atoms with van der Waals surface area (Å²) in [4.78, 5) is 45.7. The molecule has 0 atom stereocenters. The largest absolute Gasteiger partial charge is 0.483 e. The number of imide groups is 1. The molecule has 28 heavy (non-hydrogen) atoms. The number of hydrogen-bond acceptors (Lipinski definition) is 6. The van der Waals surface area contributed by atoms with Gasteiger partial charge in [0, 0.05) is 18.2 Å². The molecule has 0 radical (unpaired) electrons. The topological polar surface area (TPSA) is 107 Å². The Morgan fingerprint density at radius 2 is 1.86 bits per heavy atom. The summed E-state index contributed by atoms with van der Waals surface area (Å²) in [6.07, 6.45) is 4.60. The fourth-order valence-corrected chi connectivity index (χ4v) is 4.11. The summed E-state index contributed by atoms with van der Waals surface area (Å²) in [5.74, 6) is 1.57. The molecule has 3 heterocycles. The van der Waals surface area contributed by atoms with Crippen molar-refractivity contribution >= 4 is 41.1 Å². The molecule has 1 fully saturated rings. The molecular weight excluding hydrogens is 380 g/mol. The summed E-state index contributed by atoms with van der Waals surface area (Å²) in [6, 6.07) is 3.58. The van der Waals surface area contributed by atoms with Gasteiger partial charge in [-0.25, -0.2) is 4.98 Å². The van der Waals surface area contributed by atoms with Gasteiger partial charge in [-0.15, -0.1) is 0 Å². The Labute approximate surface area is 167 Å². The fraction of sp³-hybridized carbons (Fsp3) is 0.474. The lowest BCUT2D eigenvalue weighted by molar-refractivity contribution is -0.122. The summed E-state index contributed by atoms with van der Waals surface area (Å²) in [5, 5.41) is 6.89. The lowest BCUT2D eigenvalue weighted by atomic mass is 10.0. The number of piperidine rings is 1. The number of carbonyl (C=O) groups excluding carboxylic acids is 2. The third kappa shape index (κ3) is 3.90. The first kappa shape index (κ1) is 20.3. The van der Waals surface area contributed by atoms with Crippen molar-refractivity contribution in [2.75, 3.05) is 32.1 Å². The number of imidazole rings is 1. The van der Waals surface area contributed by atoms with Crippen LogP contribution in [0, 0.1) is 0 Å². The van der Waals surface area contributed by atoms with Gasteiger partial charge in [0.2, 0.25) is 0 Å². The number of rotatable bonds is 4. The van der Waals surface area contributed by atoms with Gasteiger partial charge >= 0.3 is 0 Å². The highest BCUT2D eigenvalue weighted by Crippen LogP contribution is 2.31. The van der Waals surface area contributed by atoms with Crippen LogP contribution in [0.4, 0.5) is 0 Å². The molecule has 2 N–H and O–H groups in total. The Balaban J connectivity index is 0.000000706. The number of aryl methyl sites for hydroxylation is 1. The molecule has 4 rings (SSSR count). The second kappa shape index (κ2) is 8.74. The second-order valence-electron chi connectivity index (χ2n) is 6.96. The van der Waals surface area contributed by atoms with Crippen LogP contribution in [-0.4, -0.2) is 81.3 Å². The second-order valence-corrected chi connectivity index (χ2v) is 7.95. The van der Waals surface area contributed by atoms with Crippen molar-refractivity contribution in [3.8, 4) is 0 Å². The maximum atomic E-state index is 12.9. The SMILES string of the molecule is CSCCc1nc2cc3c(cc2[nH]1)C(=O)N(C1CCN(C)CC1)C3=O.O=CO. The van der Waals surface area contributed by atoms with Crippen LogP contribution >= 0.6 is 11.8 Å². The molecule has 1 aromatic heterocycles. The van der Waals surface area contributed by atoms with Crippen molar-refractivity contribution in [3.63, 3.8) is 0 Å². The Hall–Kier alpha value is -2.39. The van der Waals surface area contributed by atoms with Crippen LogP contribution in [-0.2, 0) is 11.2 Å². The number of nitrogens with one attached hydrogen (secondary N) is 1. The van der Waals surface area contributed by atoms with Crippen LogP contribution in [0.2, 0.25) is 0 Å². The highest BCUT2D eigenvalue weighted by molar-refractivity contribution is 7.98. The van der Waals surface area contributed by atoms with Gasteiger partial charge in [-0.3, -0.25) is 19.3 Å². The summed E-state index contributed by atoms with van der Waals surface area (Å²) < 4.78 is 0. The number of H-pyrrole nitrogens is 1. The van der Waals surface area contributed by atoms with Crippen LogP contribution < -0.4 is 0 Å². The molecule has 0 aliphatic carbocycles. The van der Waals surface area contributed by atoms with E-state index in [1.54, 1.807) is 23.9 Å². The normalized spacial score (nSPS) is 17.6. The molecule has 9 heteroatoms. The van der Waals surface area contributed by atoms with Gasteiger partial charge in [-0.2, -0.15) is 11.8 Å². The molecule has 2 aliphatic rings. The van der Waals surface area contributed by atoms with E-state index in [1.807, 2.05) is 0 Å². The van der Waals surface area contributed by atoms with Gasteiger partial charge in [0.05, 0.1) is 22.2 Å². The monoisotopic (exact) mass is 404 g/mol. The Morgan fingerprint density at radius 1 is 1.25 bits per heavy atom. The van der Waals surface area contributed by atoms with Crippen molar-refractivity contribution in [2.45, 2.75) is 25.3 Å². The molecule has 1 saturated heterocycles. The van der Waals surface area contributed by atoms with Crippen LogP contribution in [0.3, 0.4) is 0 Å². The Kier molecular flexibility index (Phi) is 6.35. The molecule has 0 saturated carbocycles. The molecule has 8 nitrogen and oxygen atoms in total. The van der Waals surface area contributed by atoms with E-state index >= 15 is 0 Å². The van der Waals surface area contributed by atoms with Crippen LogP contribution in [0.15, 0.2) is 12.1 Å². The summed E-state index contributed by atoms with van der Waals surface area (Å²) in [6.45, 7) is 1.58. The van der Waals surface area contributed by atoms with Crippen molar-refractivity contribution in [1.29, 1.82) is 0 Å². The van der Waals surface area contributed by atoms with E-state index in [0.29, 0.717) is 11.1 Å². The summed E-state index contributed by atoms with van der Waals surface area (Å²) in [5.41, 5.74) is 2.61. The Bertz CT molecular complexity index is 836. The molecule has 2 aliphatic heterocycles. The minimum Gasteiger partial charge on any atom is -0.483 e. The number of hydrogen-bond donors (Lipinski definition) is 2. The summed E-state index contributed by atoms with van der Waals surface area (Å²) in [7, 11) is 2.07. The lowest BCUT2D eigenvalue weighted by Crippen LogP contribution is -2.46. The highest BCUT2D eigenvalue weighted by atomic mass is 32.2. The number of carbonyl (C=O) groups is 3. The number of benzene rings is 1. The number of aromatic amines is 1. The number of amides is 2. The third-order valence-electron chi connectivity index (χ3n) is 5.16. The van der Waals surface area contributed by atoms with E-state index in [1.165, 1.54) is 4.90 Å². The zero-order valence-corrected chi connectivity index (χ0v) is 16.8. The van der Waals surface area contributed by atoms with Crippen LogP contribution in [0.25, 0.3) is 11.0 Å². The van der Waals surface area contributed by atoms with Gasteiger partial charge in [-0.05, 0) is 51.4 Å². The first-order valence-electron chi connectivity index (χ1n) is 9.16. The zero-order chi connectivity index (χ0) is 20.3. The van der Waals surface area contributed by atoms with Gasteiger partial charge in [0.25, 0.3) is 18.3 Å². The lowest BCUT2D eigenvalue weighted by Gasteiger charge is -2.33. The van der Waals surface area contributed by atoms with E-state index in [4.69, 9.17) is 9.90 Å². The minimum atomic E-state index is -0.250. The number of nitrogens with zero attached hydrogens (tertiary/aromatic N) is 3. The van der Waals surface area contributed by atoms with Gasteiger partial charge in [0.15, 0.2) is 0 Å². The third-order valence-corrected chi connectivity index (χ3v) is 5.78. The number of likely N-dealkylation sites (tertiary alicyclic amines) is 1. The number of aromatic nitrogens is 2. The smallest absolute Gasteiger partial charge is 0.290 e. The molecule has 1 aromatic carbocycles. The molecule has 0 bridgehead atoms. The average molecular weight is 404 g/mol. The Morgan fingerprint density at radius 3 is 2.46 bits per heavy atom. The molecular formula is C19H24N4O4S. The highest BCUT2D eigenvalue weighted by Gasteiger charge is 2.41. The van der Waals surface area contributed by atoms with Crippen LogP contribution in [0.5, 0.6) is 0 Å². The van der Waals surface area contributed by atoms with E-state index in [0.717, 1.165) is 55.0 Å². The minimum absolute atomic E-state index is 0.00652. The van der Waals surface area contributed by atoms with Gasteiger partial charge in [0.1, 0.15) is 5.82 Å². The van der Waals surface area contributed by atoms with Gasteiger partial charge in [-0.1, -0.05) is 0 Å². The van der Waals surface area contributed by atoms with E-state index in [-0.39, 0.29) is 24.3 Å². The van der Waals surface area contributed by atoms with Crippen molar-refractivity contribution in [3.05, 3.63) is 29.1 Å². The van der Waals surface area contributed by atoms with Crippen molar-refractivity contribution in [1.82, 2.24) is 19.8 Å². The quantitative estimate of drug-likeness (QED) is 0.592. The molecule has 0 unspecified atom stereocenters. The molecule has 2 amide bonds. The van der Waals surface area contributed by atoms with Crippen molar-refractivity contribution < 1.29 is 19.5 Å². The maximum absolute atomic E-state index is 12.9. The van der Waals surface area contributed by atoms with E-state index in [9.17, 15) is 9.59 Å². The standard InChI is InChI=1S/C18H22N4O2S.CH2O2/c1-21-6-3-11(4-7-21)22-17(23)12-9-14-15(10-13(12)18(22)24)20-16(19-14)5-8-25-2;2-1-3/h9-11H,3-8H2,1-2H3,(H,19,20);1H,(H,2,3). The first-order valence-corrected chi connectivity index (χ1v) is 10.5. The van der Waals surface area contributed by atoms with Crippen LogP contribution in [0.1, 0.15) is 39.4 Å². The average Bonchev–Trinajstić information content (AvgIpc) is 3.18. The zero-order valence-electron chi connectivity index (χ0n) is 16.0. The fourth-order valence-electron chi connectivity index (χ4n) is 3.72. The predicted octanol–water partition coefficient (Wildman–Crippen LogP) is 1.86. The molecule has 2 aromatic rings. The molecule has 150 valence electrons. The maximum Gasteiger partial charge on any atom is 0.290 e. The van der Waals surface area contributed by atoms with E-state index in [2.05, 4.69) is 28.2 Å². The number of carboxylic acid groups (broad SMARTS) is 1. The summed E-state index contributed by atoms with van der Waals surface area (Å²) >= 11 is 1.77. The van der Waals surface area contributed by atoms with Crippen molar-refractivity contribution in [2.24, 2.45) is 0 Å². The van der Waals surface area contributed by atoms with Gasteiger partial charge < -0.3 is 15.0 Å². The van der Waals surface area contributed by atoms with E-state index < -0.39 is 0 Å². The molecule has 0 spiro atoms. The number of thioether (sulfide) groups is 1. The first-order chi connectivity index (χ1) is 13.5. The number of fused-ring (bicyclic) bond motifs is 2.